The summed E-state index contributed by atoms with van der Waals surface area (Å²) in [5, 5.41) is 8.06. The Balaban J connectivity index is 1.40. The average Bonchev–Trinajstić information content (AvgIpc) is 1.74. The monoisotopic (exact) mass is 1390 g/mol. The minimum Gasteiger partial charge on any atom is -0.343 e. The minimum absolute atomic E-state index is 0.0197. The fraction of sp³-hybridized carbons (Fsp3) is 0.739. The van der Waals surface area contributed by atoms with Gasteiger partial charge in [-0.1, -0.05) is 104 Å². The predicted octanol–water partition coefficient (Wildman–Crippen LogP) is 5.25. The van der Waals surface area contributed by atoms with E-state index in [9.17, 15) is 56.3 Å². The maximum absolute atomic E-state index is 15.3. The van der Waals surface area contributed by atoms with Crippen LogP contribution in [0.4, 0.5) is 13.2 Å². The highest BCUT2D eigenvalue weighted by atomic mass is 35.5. The largest absolute Gasteiger partial charge is 0.417 e. The molecule has 1 spiro atoms. The van der Waals surface area contributed by atoms with E-state index in [4.69, 9.17) is 11.6 Å². The Morgan fingerprint density at radius 1 is 0.629 bits per heavy atom. The van der Waals surface area contributed by atoms with Gasteiger partial charge in [-0.05, 0) is 112 Å². The number of halogens is 4. The van der Waals surface area contributed by atoms with Crippen molar-refractivity contribution >= 4 is 82.5 Å². The van der Waals surface area contributed by atoms with Gasteiger partial charge in [-0.25, -0.2) is 0 Å². The molecule has 1 unspecified atom stereocenters. The average molecular weight is 1390 g/mol. The molecule has 1 aromatic rings. The van der Waals surface area contributed by atoms with Gasteiger partial charge in [0.1, 0.15) is 47.8 Å². The first-order chi connectivity index (χ1) is 45.7. The van der Waals surface area contributed by atoms with Crippen LogP contribution in [0.1, 0.15) is 174 Å². The highest BCUT2D eigenvalue weighted by Crippen LogP contribution is 2.37. The van der Waals surface area contributed by atoms with Gasteiger partial charge in [0.15, 0.2) is 0 Å². The lowest BCUT2D eigenvalue weighted by molar-refractivity contribution is -0.155. The summed E-state index contributed by atoms with van der Waals surface area (Å²) in [6.07, 6.45) is 3.56. The van der Waals surface area contributed by atoms with Crippen LogP contribution >= 0.6 is 11.6 Å². The molecular formula is C69H106ClF3N12O12. The van der Waals surface area contributed by atoms with Crippen molar-refractivity contribution in [1.82, 2.24) is 60.0 Å². The Morgan fingerprint density at radius 2 is 1.24 bits per heavy atom. The summed E-state index contributed by atoms with van der Waals surface area (Å²) >= 11 is 6.13. The molecule has 3 aliphatic heterocycles. The number of piperidine rings is 1. The Hall–Kier alpha value is -7.06. The second kappa shape index (κ2) is 35.1. The molecule has 28 heteroatoms. The van der Waals surface area contributed by atoms with Gasteiger partial charge in [0, 0.05) is 69.0 Å². The number of alkyl halides is 3. The Bertz CT molecular complexity index is 3010. The van der Waals surface area contributed by atoms with Crippen molar-refractivity contribution in [2.75, 3.05) is 88.6 Å². The normalized spacial score (nSPS) is 26.3. The Morgan fingerprint density at radius 3 is 1.84 bits per heavy atom. The summed E-state index contributed by atoms with van der Waals surface area (Å²) in [5.41, 5.74) is -2.34. The number of nitrogens with one attached hydrogen (secondary N) is 3. The molecule has 12 amide bonds. The number of hydrogen-bond acceptors (Lipinski definition) is 12. The maximum atomic E-state index is 15.3. The van der Waals surface area contributed by atoms with Crippen LogP contribution in [0.15, 0.2) is 18.2 Å². The molecule has 3 saturated heterocycles. The number of benzene rings is 1. The van der Waals surface area contributed by atoms with Crippen LogP contribution in [0.25, 0.3) is 0 Å². The summed E-state index contributed by atoms with van der Waals surface area (Å²) < 4.78 is 41.5. The third-order valence-corrected chi connectivity index (χ3v) is 21.0. The number of aryl methyl sites for hydroxylation is 1. The lowest BCUT2D eigenvalue weighted by Gasteiger charge is -2.40. The zero-order valence-corrected chi connectivity index (χ0v) is 59.8. The Labute approximate surface area is 575 Å². The molecule has 0 radical (unpaired) electrons. The van der Waals surface area contributed by atoms with E-state index in [1.54, 1.807) is 18.7 Å². The summed E-state index contributed by atoms with van der Waals surface area (Å²) in [6.45, 7) is 8.08. The van der Waals surface area contributed by atoms with Gasteiger partial charge in [-0.3, -0.25) is 57.5 Å². The zero-order valence-electron chi connectivity index (χ0n) is 59.0. The topological polar surface area (TPSA) is 270 Å². The molecular weight excluding hydrogens is 1280 g/mol. The fourth-order valence-corrected chi connectivity index (χ4v) is 14.7. The molecule has 8 atom stereocenters. The molecule has 97 heavy (non-hydrogen) atoms. The highest BCUT2D eigenvalue weighted by Gasteiger charge is 2.50. The van der Waals surface area contributed by atoms with E-state index >= 15 is 14.4 Å². The van der Waals surface area contributed by atoms with Crippen molar-refractivity contribution in [3.8, 4) is 0 Å². The van der Waals surface area contributed by atoms with Crippen LogP contribution in [-0.4, -0.2) is 251 Å². The molecule has 5 aliphatic rings. The molecule has 6 rings (SSSR count). The van der Waals surface area contributed by atoms with Gasteiger partial charge in [0.25, 0.3) is 0 Å². The van der Waals surface area contributed by atoms with E-state index in [0.29, 0.717) is 57.2 Å². The van der Waals surface area contributed by atoms with E-state index < -0.39 is 167 Å². The molecule has 542 valence electrons. The van der Waals surface area contributed by atoms with Crippen molar-refractivity contribution in [2.45, 2.75) is 223 Å². The number of likely N-dealkylation sites (tertiary alicyclic amines) is 1. The van der Waals surface area contributed by atoms with Crippen LogP contribution in [0, 0.1) is 17.8 Å². The number of amides is 12. The number of fused-ring (bicyclic) bond motifs is 1. The maximum Gasteiger partial charge on any atom is 0.417 e. The number of likely N-dealkylation sites (N-methyl/N-ethyl adjacent to an activating group) is 7. The van der Waals surface area contributed by atoms with Gasteiger partial charge in [0.2, 0.25) is 70.9 Å². The van der Waals surface area contributed by atoms with Crippen molar-refractivity contribution < 1.29 is 70.7 Å². The molecule has 24 nitrogen and oxygen atoms in total. The molecule has 3 N–H and O–H groups in total. The van der Waals surface area contributed by atoms with E-state index in [1.165, 1.54) is 79.9 Å². The first-order valence-corrected chi connectivity index (χ1v) is 35.2. The van der Waals surface area contributed by atoms with Gasteiger partial charge in [-0.2, -0.15) is 13.2 Å². The smallest absolute Gasteiger partial charge is 0.343 e. The summed E-state index contributed by atoms with van der Waals surface area (Å²) in [7, 11) is 9.83. The molecule has 0 aromatic heterocycles. The first kappa shape index (κ1) is 78.9. The fourth-order valence-electron chi connectivity index (χ4n) is 14.4. The molecule has 3 heterocycles. The quantitative estimate of drug-likeness (QED) is 0.256. The number of carbonyl (C=O) groups excluding carboxylic acids is 12. The second-order valence-electron chi connectivity index (χ2n) is 28.3. The van der Waals surface area contributed by atoms with Crippen molar-refractivity contribution in [3.05, 3.63) is 34.3 Å². The number of nitrogens with zero attached hydrogens (tertiary/aromatic N) is 9. The third-order valence-electron chi connectivity index (χ3n) is 20.7. The summed E-state index contributed by atoms with van der Waals surface area (Å²) in [6, 6.07) is -5.60. The molecule has 2 aliphatic carbocycles. The SMILES string of the molecule is CC[C@H](C)[C@@H]1NC(=O)[C@H](CC(C)C)N(C)C(=O)C[C@@H](C(=O)N2CCCCC2)N(C)C(=O)[C@H](CC)N(C)C(=O)C2(CCCC2)NC(=O)C2CCCN2C(=O)[C@H](CCc2ccc(C(F)(F)F)c(Cl)c2)NC(=O)CN(C)C(=O)[C@H](CC2CCCCC2)N(C)C(=O)CN(C)C(=O)CN(C)C1=O. The molecule has 0 bridgehead atoms. The lowest BCUT2D eigenvalue weighted by Crippen LogP contribution is -2.64. The summed E-state index contributed by atoms with van der Waals surface area (Å²) in [5.74, 6) is -8.51. The number of rotatable bonds is 11. The van der Waals surface area contributed by atoms with Gasteiger partial charge < -0.3 is 60.0 Å². The molecule has 2 saturated carbocycles. The molecule has 5 fully saturated rings. The van der Waals surface area contributed by atoms with Gasteiger partial charge in [0.05, 0.1) is 36.6 Å². The molecule has 1 aromatic carbocycles. The van der Waals surface area contributed by atoms with Crippen molar-refractivity contribution in [1.29, 1.82) is 0 Å². The van der Waals surface area contributed by atoms with Crippen molar-refractivity contribution in [2.24, 2.45) is 17.8 Å². The van der Waals surface area contributed by atoms with Crippen molar-refractivity contribution in [3.63, 3.8) is 0 Å². The van der Waals surface area contributed by atoms with E-state index in [-0.39, 0.29) is 69.7 Å². The van der Waals surface area contributed by atoms with Gasteiger partial charge >= 0.3 is 6.18 Å². The van der Waals surface area contributed by atoms with Gasteiger partial charge in [-0.15, -0.1) is 0 Å². The third kappa shape index (κ3) is 20.1. The number of carbonyl (C=O) groups is 12. The van der Waals surface area contributed by atoms with Crippen LogP contribution in [0.5, 0.6) is 0 Å². The van der Waals surface area contributed by atoms with E-state index in [2.05, 4.69) is 16.0 Å². The lowest BCUT2D eigenvalue weighted by atomic mass is 9.84. The standard InChI is InChI=1S/C69H106ClF3N12O12/c1-13-44(5)59-66(96)79(8)41-57(88)77(6)42-58(89)81(10)53(38-45-24-17-15-18-25-45)63(93)78(7)40-55(86)74-49(30-28-46-27-29-47(48(70)37-46)69(71,72)73)62(92)85-35-23-26-51(85)61(91)76-68(31-19-20-32-68)67(97)83(12)50(14-2)64(94)82(11)54(65(95)84-33-21-16-22-34-84)39-56(87)80(9)52(36-43(3)4)60(90)75-59/h27,29,37,43-45,49-54,59H,13-26,28,30-36,38-42H2,1-12H3,(H,74,86)(H,75,90)(H,76,91)/t44-,49-,50-,51?,52-,53-,54-,59-/m0/s1. The first-order valence-electron chi connectivity index (χ1n) is 34.8. The Kier molecular flexibility index (Phi) is 28.6. The zero-order chi connectivity index (χ0) is 72.0. The van der Waals surface area contributed by atoms with E-state index in [1.807, 2.05) is 20.8 Å². The minimum atomic E-state index is -4.76. The van der Waals surface area contributed by atoms with Crippen LogP contribution in [0.3, 0.4) is 0 Å². The van der Waals surface area contributed by atoms with Crippen LogP contribution in [-0.2, 0) is 70.1 Å². The van der Waals surface area contributed by atoms with E-state index in [0.717, 1.165) is 65.4 Å². The predicted molar refractivity (Wildman–Crippen MR) is 357 cm³/mol. The second-order valence-corrected chi connectivity index (χ2v) is 28.7. The highest BCUT2D eigenvalue weighted by molar-refractivity contribution is 6.31. The van der Waals surface area contributed by atoms with Crippen LogP contribution < -0.4 is 16.0 Å². The number of hydrogen-bond donors (Lipinski definition) is 3. The van der Waals surface area contributed by atoms with Crippen LogP contribution in [0.2, 0.25) is 5.02 Å². The summed E-state index contributed by atoms with van der Waals surface area (Å²) in [4.78, 5) is 188.